The number of benzene rings is 3. The maximum atomic E-state index is 2.61. The summed E-state index contributed by atoms with van der Waals surface area (Å²) in [6, 6.07) is 22.6. The third-order valence-corrected chi connectivity index (χ3v) is 14.1. The van der Waals surface area contributed by atoms with Crippen molar-refractivity contribution in [3.05, 3.63) is 110 Å². The summed E-state index contributed by atoms with van der Waals surface area (Å²) in [5.41, 5.74) is 16.1. The van der Waals surface area contributed by atoms with E-state index in [2.05, 4.69) is 152 Å². The van der Waals surface area contributed by atoms with Crippen molar-refractivity contribution in [3.63, 3.8) is 0 Å². The van der Waals surface area contributed by atoms with E-state index >= 15 is 0 Å². The summed E-state index contributed by atoms with van der Waals surface area (Å²) in [6.45, 7) is 33.2. The van der Waals surface area contributed by atoms with Gasteiger partial charge in [-0.15, -0.1) is 0 Å². The zero-order chi connectivity index (χ0) is 31.3. The lowest BCUT2D eigenvalue weighted by molar-refractivity contribution is 0.833. The Morgan fingerprint density at radius 2 is 0.833 bits per heavy atom. The molecule has 0 saturated heterocycles. The van der Waals surface area contributed by atoms with Gasteiger partial charge in [0.15, 0.2) is 0 Å². The van der Waals surface area contributed by atoms with E-state index in [0.29, 0.717) is 23.7 Å². The molecule has 0 fully saturated rings. The van der Waals surface area contributed by atoms with Crippen molar-refractivity contribution in [1.29, 1.82) is 0 Å². The molecule has 1 unspecified atom stereocenters. The van der Waals surface area contributed by atoms with Gasteiger partial charge in [-0.3, -0.25) is 0 Å². The van der Waals surface area contributed by atoms with Crippen molar-refractivity contribution in [2.45, 2.75) is 126 Å². The summed E-state index contributed by atoms with van der Waals surface area (Å²) in [6.07, 6.45) is 0. The molecule has 1 aliphatic rings. The van der Waals surface area contributed by atoms with Crippen molar-refractivity contribution in [2.75, 3.05) is 0 Å². The van der Waals surface area contributed by atoms with Crippen LogP contribution in [0.1, 0.15) is 146 Å². The molecule has 0 aromatic heterocycles. The number of aryl methyl sites for hydroxylation is 2. The minimum absolute atomic E-state index is 0.0535. The minimum atomic E-state index is -1.90. The Balaban J connectivity index is 2.17. The fourth-order valence-corrected chi connectivity index (χ4v) is 11.8. The summed E-state index contributed by atoms with van der Waals surface area (Å²) in [7, 11) is -1.90. The molecule has 0 bridgehead atoms. The summed E-state index contributed by atoms with van der Waals surface area (Å²) in [5.74, 6) is 1.99. The summed E-state index contributed by atoms with van der Waals surface area (Å²) in [4.78, 5) is 0. The fraction of sp³-hybridized carbons (Fsp3) is 0.463. The smallest absolute Gasteiger partial charge is 0.0621 e. The predicted molar refractivity (Wildman–Crippen MR) is 191 cm³/mol. The van der Waals surface area contributed by atoms with Crippen LogP contribution in [0.2, 0.25) is 5.04 Å². The molecular formula is C41H56Si. The molecule has 1 atom stereocenters. The standard InChI is InChI=1S/C41H56Si/c1-24(2)33-18-34(25(3)4)21-38(20-33)42(39-22-35(26(5)6)19-36(23-39)27(7)8)41(14)32(13)30(11)31(12)40(41)37-16-28(9)15-29(10)17-37/h15-27,42H,1-14H3. The first-order valence-electron chi connectivity index (χ1n) is 16.3. The second kappa shape index (κ2) is 12.2. The molecule has 42 heavy (non-hydrogen) atoms. The first kappa shape index (κ1) is 32.3. The third kappa shape index (κ3) is 5.92. The molecule has 0 aliphatic heterocycles. The SMILES string of the molecule is CC1=C(C)C(C)([SiH](c2cc(C(C)C)cc(C(C)C)c2)c2cc(C(C)C)cc(C(C)C)c2)C(c2cc(C)cc(C)c2)=C1C. The van der Waals surface area contributed by atoms with E-state index in [9.17, 15) is 0 Å². The van der Waals surface area contributed by atoms with Crippen LogP contribution in [0.4, 0.5) is 0 Å². The zero-order valence-electron chi connectivity index (χ0n) is 29.1. The van der Waals surface area contributed by atoms with Gasteiger partial charge in [0, 0.05) is 5.04 Å². The van der Waals surface area contributed by atoms with Crippen molar-refractivity contribution >= 4 is 24.7 Å². The molecule has 0 saturated carbocycles. The average Bonchev–Trinajstić information content (AvgIpc) is 3.07. The molecule has 1 heteroatoms. The van der Waals surface area contributed by atoms with Gasteiger partial charge in [-0.1, -0.05) is 144 Å². The fourth-order valence-electron chi connectivity index (χ4n) is 7.36. The Morgan fingerprint density at radius 1 is 0.476 bits per heavy atom. The molecular weight excluding hydrogens is 521 g/mol. The summed E-state index contributed by atoms with van der Waals surface area (Å²) in [5, 5.41) is 3.13. The second-order valence-electron chi connectivity index (χ2n) is 14.7. The Bertz CT molecular complexity index is 1400. The lowest BCUT2D eigenvalue weighted by Gasteiger charge is -2.40. The van der Waals surface area contributed by atoms with Gasteiger partial charge in [0.05, 0.1) is 0 Å². The number of allylic oxidation sites excluding steroid dienone is 4. The van der Waals surface area contributed by atoms with E-state index < -0.39 is 8.80 Å². The third-order valence-electron chi connectivity index (χ3n) is 10.2. The molecule has 224 valence electrons. The van der Waals surface area contributed by atoms with Crippen LogP contribution >= 0.6 is 0 Å². The van der Waals surface area contributed by atoms with Gasteiger partial charge in [-0.25, -0.2) is 0 Å². The quantitative estimate of drug-likeness (QED) is 0.234. The maximum absolute atomic E-state index is 2.61. The van der Waals surface area contributed by atoms with Crippen LogP contribution < -0.4 is 10.4 Å². The van der Waals surface area contributed by atoms with Crippen LogP contribution in [0.15, 0.2) is 71.3 Å². The molecule has 0 N–H and O–H groups in total. The molecule has 0 nitrogen and oxygen atoms in total. The van der Waals surface area contributed by atoms with E-state index in [4.69, 9.17) is 0 Å². The van der Waals surface area contributed by atoms with Gasteiger partial charge in [0.1, 0.15) is 8.80 Å². The van der Waals surface area contributed by atoms with Crippen molar-refractivity contribution in [3.8, 4) is 0 Å². The first-order chi connectivity index (χ1) is 19.6. The van der Waals surface area contributed by atoms with Crippen molar-refractivity contribution < 1.29 is 0 Å². The summed E-state index contributed by atoms with van der Waals surface area (Å²) >= 11 is 0. The minimum Gasteiger partial charge on any atom is -0.0621 e. The van der Waals surface area contributed by atoms with Crippen LogP contribution in [0.25, 0.3) is 5.57 Å². The molecule has 4 rings (SSSR count). The Labute approximate surface area is 260 Å². The largest absolute Gasteiger partial charge is 0.117 e. The van der Waals surface area contributed by atoms with E-state index in [1.54, 1.807) is 21.5 Å². The highest BCUT2D eigenvalue weighted by atomic mass is 28.3. The molecule has 1 aliphatic carbocycles. The van der Waals surface area contributed by atoms with Crippen LogP contribution in [-0.2, 0) is 0 Å². The molecule has 0 radical (unpaired) electrons. The van der Waals surface area contributed by atoms with E-state index in [1.807, 2.05) is 0 Å². The molecule has 0 spiro atoms. The number of hydrogen-bond donors (Lipinski definition) is 0. The maximum Gasteiger partial charge on any atom is 0.117 e. The van der Waals surface area contributed by atoms with Gasteiger partial charge in [-0.05, 0) is 103 Å². The Kier molecular flexibility index (Phi) is 9.34. The van der Waals surface area contributed by atoms with Crippen molar-refractivity contribution in [1.82, 2.24) is 0 Å². The van der Waals surface area contributed by atoms with Crippen LogP contribution in [0.3, 0.4) is 0 Å². The molecule has 0 heterocycles. The van der Waals surface area contributed by atoms with E-state index in [0.717, 1.165) is 0 Å². The lowest BCUT2D eigenvalue weighted by Crippen LogP contribution is -2.52. The Hall–Kier alpha value is -2.64. The normalized spacial score (nSPS) is 17.8. The molecule has 3 aromatic carbocycles. The first-order valence-corrected chi connectivity index (χ1v) is 18.1. The van der Waals surface area contributed by atoms with Gasteiger partial charge < -0.3 is 0 Å². The van der Waals surface area contributed by atoms with Crippen LogP contribution in [0, 0.1) is 13.8 Å². The van der Waals surface area contributed by atoms with E-state index in [1.165, 1.54) is 50.1 Å². The number of rotatable bonds is 8. The summed E-state index contributed by atoms with van der Waals surface area (Å²) < 4.78 is 0. The predicted octanol–water partition coefficient (Wildman–Crippen LogP) is 10.7. The van der Waals surface area contributed by atoms with Gasteiger partial charge in [-0.2, -0.15) is 0 Å². The average molecular weight is 577 g/mol. The number of hydrogen-bond acceptors (Lipinski definition) is 0. The molecule has 3 aromatic rings. The highest BCUT2D eigenvalue weighted by Crippen LogP contribution is 2.58. The monoisotopic (exact) mass is 576 g/mol. The van der Waals surface area contributed by atoms with E-state index in [-0.39, 0.29) is 5.04 Å². The van der Waals surface area contributed by atoms with Crippen LogP contribution in [-0.4, -0.2) is 8.80 Å². The van der Waals surface area contributed by atoms with Gasteiger partial charge in [0.2, 0.25) is 0 Å². The van der Waals surface area contributed by atoms with Crippen LogP contribution in [0.5, 0.6) is 0 Å². The van der Waals surface area contributed by atoms with Gasteiger partial charge in [0.25, 0.3) is 0 Å². The van der Waals surface area contributed by atoms with Gasteiger partial charge >= 0.3 is 0 Å². The van der Waals surface area contributed by atoms with Crippen molar-refractivity contribution in [2.24, 2.45) is 0 Å². The highest BCUT2D eigenvalue weighted by molar-refractivity contribution is 6.90. The molecule has 0 amide bonds. The second-order valence-corrected chi connectivity index (χ2v) is 18.1. The highest BCUT2D eigenvalue weighted by Gasteiger charge is 2.48. The topological polar surface area (TPSA) is 0 Å². The Morgan fingerprint density at radius 3 is 1.17 bits per heavy atom. The zero-order valence-corrected chi connectivity index (χ0v) is 30.2. The lowest BCUT2D eigenvalue weighted by atomic mass is 9.89.